The van der Waals surface area contributed by atoms with Crippen LogP contribution in [0.25, 0.3) is 10.6 Å². The number of aromatic nitrogens is 2. The summed E-state index contributed by atoms with van der Waals surface area (Å²) in [6, 6.07) is 1.50. The molecule has 0 fully saturated rings. The van der Waals surface area contributed by atoms with Crippen molar-refractivity contribution < 1.29 is 18.0 Å². The molecule has 1 amide bonds. The highest BCUT2D eigenvalue weighted by molar-refractivity contribution is 7.15. The third kappa shape index (κ3) is 2.70. The summed E-state index contributed by atoms with van der Waals surface area (Å²) in [5, 5.41) is 2.73. The average Bonchev–Trinajstić information content (AvgIpc) is 2.79. The van der Waals surface area contributed by atoms with Gasteiger partial charge in [-0.15, -0.1) is 11.3 Å². The number of amides is 1. The zero-order valence-corrected chi connectivity index (χ0v) is 12.4. The molecule has 8 heteroatoms. The first kappa shape index (κ1) is 15.0. The number of hydrogen-bond acceptors (Lipinski definition) is 4. The maximum absolute atomic E-state index is 13.1. The highest BCUT2D eigenvalue weighted by atomic mass is 32.1. The monoisotopic (exact) mass is 327 g/mol. The van der Waals surface area contributed by atoms with Crippen molar-refractivity contribution in [1.29, 1.82) is 0 Å². The lowest BCUT2D eigenvalue weighted by Gasteiger charge is -2.10. The highest BCUT2D eigenvalue weighted by Crippen LogP contribution is 2.39. The van der Waals surface area contributed by atoms with Crippen molar-refractivity contribution in [3.8, 4) is 10.6 Å². The molecule has 0 radical (unpaired) electrons. The molecule has 3 heterocycles. The van der Waals surface area contributed by atoms with Gasteiger partial charge in [-0.25, -0.2) is 9.97 Å². The first-order valence-electron chi connectivity index (χ1n) is 6.68. The van der Waals surface area contributed by atoms with E-state index in [0.717, 1.165) is 17.5 Å². The normalized spacial score (nSPS) is 15.2. The Hall–Kier alpha value is -1.96. The van der Waals surface area contributed by atoms with Crippen molar-refractivity contribution >= 4 is 17.2 Å². The predicted octanol–water partition coefficient (Wildman–Crippen LogP) is 3.21. The number of rotatable bonds is 1. The molecule has 3 rings (SSSR count). The molecule has 2 aromatic rings. The van der Waals surface area contributed by atoms with Crippen LogP contribution in [0.3, 0.4) is 0 Å². The maximum atomic E-state index is 13.1. The molecule has 0 spiro atoms. The molecule has 1 aliphatic heterocycles. The summed E-state index contributed by atoms with van der Waals surface area (Å²) in [6.07, 6.45) is -2.30. The minimum atomic E-state index is -4.54. The third-order valence-electron chi connectivity index (χ3n) is 3.37. The van der Waals surface area contributed by atoms with Crippen LogP contribution in [0.2, 0.25) is 0 Å². The summed E-state index contributed by atoms with van der Waals surface area (Å²) in [4.78, 5) is 20.7. The fourth-order valence-corrected chi connectivity index (χ4v) is 3.54. The van der Waals surface area contributed by atoms with Crippen molar-refractivity contribution in [2.24, 2.45) is 0 Å². The van der Waals surface area contributed by atoms with Crippen LogP contribution >= 0.6 is 11.3 Å². The largest absolute Gasteiger partial charge is 0.420 e. The van der Waals surface area contributed by atoms with Crippen LogP contribution in [-0.2, 0) is 12.6 Å². The molecule has 0 bridgehead atoms. The van der Waals surface area contributed by atoms with Gasteiger partial charge in [-0.3, -0.25) is 4.79 Å². The lowest BCUT2D eigenvalue weighted by Crippen LogP contribution is -2.22. The molecule has 0 saturated heterocycles. The van der Waals surface area contributed by atoms with E-state index in [9.17, 15) is 18.0 Å². The lowest BCUT2D eigenvalue weighted by atomic mass is 10.1. The van der Waals surface area contributed by atoms with Gasteiger partial charge < -0.3 is 5.32 Å². The number of hydrogen-bond donors (Lipinski definition) is 1. The van der Waals surface area contributed by atoms with Gasteiger partial charge in [0.05, 0.1) is 16.1 Å². The lowest BCUT2D eigenvalue weighted by molar-refractivity contribution is -0.137. The van der Waals surface area contributed by atoms with E-state index >= 15 is 0 Å². The Kier molecular flexibility index (Phi) is 3.64. The van der Waals surface area contributed by atoms with Crippen LogP contribution in [0.5, 0.6) is 0 Å². The molecule has 0 saturated carbocycles. The standard InChI is InChI=1S/C14H12F3N3OS/c1-7-19-6-9(14(15,16)17)12(20-7)11-5-8-10(22-11)3-2-4-18-13(8)21/h5-6H,2-4H2,1H3,(H,18,21). The number of fused-ring (bicyclic) bond motifs is 1. The Morgan fingerprint density at radius 3 is 2.86 bits per heavy atom. The van der Waals surface area contributed by atoms with Gasteiger partial charge in [-0.05, 0) is 25.8 Å². The number of thiophene rings is 1. The molecule has 22 heavy (non-hydrogen) atoms. The van der Waals surface area contributed by atoms with Crippen LogP contribution in [0.4, 0.5) is 13.2 Å². The predicted molar refractivity (Wildman–Crippen MR) is 75.7 cm³/mol. The topological polar surface area (TPSA) is 54.9 Å². The molecule has 0 aromatic carbocycles. The first-order chi connectivity index (χ1) is 10.4. The van der Waals surface area contributed by atoms with Gasteiger partial charge >= 0.3 is 6.18 Å². The van der Waals surface area contributed by atoms with Gasteiger partial charge in [0.25, 0.3) is 5.91 Å². The summed E-state index contributed by atoms with van der Waals surface area (Å²) in [6.45, 7) is 2.12. The average molecular weight is 327 g/mol. The molecule has 0 atom stereocenters. The van der Waals surface area contributed by atoms with Crippen molar-refractivity contribution in [2.75, 3.05) is 6.54 Å². The van der Waals surface area contributed by atoms with Gasteiger partial charge in [0.15, 0.2) is 0 Å². The number of nitrogens with zero attached hydrogens (tertiary/aromatic N) is 2. The van der Waals surface area contributed by atoms with Crippen LogP contribution in [-0.4, -0.2) is 22.4 Å². The number of alkyl halides is 3. The Morgan fingerprint density at radius 1 is 1.36 bits per heavy atom. The van der Waals surface area contributed by atoms with Crippen molar-refractivity contribution in [3.63, 3.8) is 0 Å². The molecule has 1 N–H and O–H groups in total. The first-order valence-corrected chi connectivity index (χ1v) is 7.50. The van der Waals surface area contributed by atoms with Gasteiger partial charge in [0, 0.05) is 17.6 Å². The van der Waals surface area contributed by atoms with Crippen LogP contribution < -0.4 is 5.32 Å². The van der Waals surface area contributed by atoms with E-state index in [4.69, 9.17) is 0 Å². The van der Waals surface area contributed by atoms with Crippen LogP contribution in [0.15, 0.2) is 12.3 Å². The van der Waals surface area contributed by atoms with E-state index < -0.39 is 11.7 Å². The smallest absolute Gasteiger partial charge is 0.352 e. The van der Waals surface area contributed by atoms with E-state index in [1.807, 2.05) is 0 Å². The third-order valence-corrected chi connectivity index (χ3v) is 4.57. The van der Waals surface area contributed by atoms with Gasteiger partial charge in [0.1, 0.15) is 11.4 Å². The second-order valence-electron chi connectivity index (χ2n) is 4.98. The van der Waals surface area contributed by atoms with E-state index in [1.165, 1.54) is 24.3 Å². The molecule has 0 aliphatic carbocycles. The SMILES string of the molecule is Cc1ncc(C(F)(F)F)c(-c2cc3c(s2)CCCNC3=O)n1. The number of nitrogens with one attached hydrogen (secondary N) is 1. The fraction of sp³-hybridized carbons (Fsp3) is 0.357. The summed E-state index contributed by atoms with van der Waals surface area (Å²) < 4.78 is 39.4. The van der Waals surface area contributed by atoms with Crippen LogP contribution in [0.1, 0.15) is 33.0 Å². The molecule has 116 valence electrons. The summed E-state index contributed by atoms with van der Waals surface area (Å²) in [5.41, 5.74) is -0.595. The van der Waals surface area contributed by atoms with E-state index in [-0.39, 0.29) is 17.4 Å². The van der Waals surface area contributed by atoms with E-state index in [0.29, 0.717) is 23.4 Å². The van der Waals surface area contributed by atoms with Crippen LogP contribution in [0, 0.1) is 6.92 Å². The van der Waals surface area contributed by atoms with Crippen molar-refractivity contribution in [3.05, 3.63) is 34.1 Å². The quantitative estimate of drug-likeness (QED) is 0.875. The van der Waals surface area contributed by atoms with Gasteiger partial charge in [0.2, 0.25) is 0 Å². The zero-order chi connectivity index (χ0) is 15.9. The Morgan fingerprint density at radius 2 is 2.14 bits per heavy atom. The zero-order valence-electron chi connectivity index (χ0n) is 11.6. The molecule has 4 nitrogen and oxygen atoms in total. The molecule has 0 unspecified atom stereocenters. The minimum absolute atomic E-state index is 0.161. The Labute approximate surface area is 128 Å². The van der Waals surface area contributed by atoms with Crippen molar-refractivity contribution in [2.45, 2.75) is 25.9 Å². The number of halogens is 3. The van der Waals surface area contributed by atoms with E-state index in [2.05, 4.69) is 15.3 Å². The number of carbonyl (C=O) groups is 1. The highest BCUT2D eigenvalue weighted by Gasteiger charge is 2.36. The van der Waals surface area contributed by atoms with Gasteiger partial charge in [-0.2, -0.15) is 13.2 Å². The number of aryl methyl sites for hydroxylation is 2. The number of carbonyl (C=O) groups excluding carboxylic acids is 1. The molecular formula is C14H12F3N3OS. The van der Waals surface area contributed by atoms with Gasteiger partial charge in [-0.1, -0.05) is 0 Å². The van der Waals surface area contributed by atoms with Crippen molar-refractivity contribution in [1.82, 2.24) is 15.3 Å². The second kappa shape index (κ2) is 5.35. The maximum Gasteiger partial charge on any atom is 0.420 e. The summed E-state index contributed by atoms with van der Waals surface area (Å²) in [5.74, 6) is 0.0189. The molecule has 2 aromatic heterocycles. The summed E-state index contributed by atoms with van der Waals surface area (Å²) in [7, 11) is 0. The Balaban J connectivity index is 2.15. The minimum Gasteiger partial charge on any atom is -0.352 e. The molecule has 1 aliphatic rings. The molecular weight excluding hydrogens is 315 g/mol. The second-order valence-corrected chi connectivity index (χ2v) is 6.12. The Bertz CT molecular complexity index is 739. The summed E-state index contributed by atoms with van der Waals surface area (Å²) >= 11 is 1.19. The fourth-order valence-electron chi connectivity index (χ4n) is 2.33. The van der Waals surface area contributed by atoms with E-state index in [1.54, 1.807) is 0 Å².